The monoisotopic (exact) mass is 248 g/mol. The molecule has 0 amide bonds. The molecule has 3 atom stereocenters. The lowest BCUT2D eigenvalue weighted by molar-refractivity contribution is 0.340. The molecule has 1 aromatic rings. The van der Waals surface area contributed by atoms with Gasteiger partial charge in [-0.3, -0.25) is 0 Å². The number of nitrogens with one attached hydrogen (secondary N) is 1. The van der Waals surface area contributed by atoms with Crippen molar-refractivity contribution in [2.24, 2.45) is 17.6 Å². The maximum atomic E-state index is 5.85. The van der Waals surface area contributed by atoms with E-state index in [0.29, 0.717) is 13.2 Å². The molecule has 0 aromatic heterocycles. The average Bonchev–Trinajstić information content (AvgIpc) is 3.08. The van der Waals surface area contributed by atoms with E-state index in [1.54, 1.807) is 0 Å². The van der Waals surface area contributed by atoms with E-state index in [2.05, 4.69) is 24.4 Å². The van der Waals surface area contributed by atoms with Crippen molar-refractivity contribution in [3.8, 4) is 5.75 Å². The Bertz CT molecular complexity index is 363. The molecule has 0 aliphatic heterocycles. The fourth-order valence-corrected chi connectivity index (χ4v) is 2.28. The first kappa shape index (κ1) is 13.4. The number of hydrogen-bond acceptors (Lipinski definition) is 3. The zero-order valence-electron chi connectivity index (χ0n) is 11.4. The number of nitrogens with two attached hydrogens (primary N) is 1. The molecule has 18 heavy (non-hydrogen) atoms. The quantitative estimate of drug-likeness (QED) is 0.778. The third-order valence-electron chi connectivity index (χ3n) is 3.73. The van der Waals surface area contributed by atoms with Crippen LogP contribution in [0.3, 0.4) is 0 Å². The van der Waals surface area contributed by atoms with Gasteiger partial charge in [0, 0.05) is 12.6 Å². The third-order valence-corrected chi connectivity index (χ3v) is 3.73. The van der Waals surface area contributed by atoms with Crippen LogP contribution in [0.2, 0.25) is 0 Å². The number of ether oxygens (including phenoxy) is 1. The molecule has 0 heterocycles. The first-order valence-electron chi connectivity index (χ1n) is 6.90. The Morgan fingerprint density at radius 2 is 2.06 bits per heavy atom. The maximum Gasteiger partial charge on any atom is 0.119 e. The van der Waals surface area contributed by atoms with Crippen LogP contribution in [0.1, 0.15) is 31.9 Å². The second kappa shape index (κ2) is 6.21. The van der Waals surface area contributed by atoms with Crippen molar-refractivity contribution in [2.75, 3.05) is 19.7 Å². The standard InChI is InChI=1S/C15H24N2O/c1-3-18-14-6-4-12(5-7-14)15(9-16)17-10-13-8-11(13)2/h4-7,11,13,15,17H,3,8-10,16H2,1-2H3. The van der Waals surface area contributed by atoms with Gasteiger partial charge in [0.25, 0.3) is 0 Å². The van der Waals surface area contributed by atoms with Gasteiger partial charge in [0.15, 0.2) is 0 Å². The van der Waals surface area contributed by atoms with E-state index in [4.69, 9.17) is 10.5 Å². The Labute approximate surface area is 110 Å². The van der Waals surface area contributed by atoms with Crippen LogP contribution in [0.4, 0.5) is 0 Å². The van der Waals surface area contributed by atoms with Crippen LogP contribution in [0.5, 0.6) is 5.75 Å². The summed E-state index contributed by atoms with van der Waals surface area (Å²) in [5, 5.41) is 3.56. The molecule has 1 fully saturated rings. The van der Waals surface area contributed by atoms with Gasteiger partial charge in [-0.1, -0.05) is 19.1 Å². The first-order valence-corrected chi connectivity index (χ1v) is 6.90. The molecule has 0 radical (unpaired) electrons. The molecule has 0 saturated heterocycles. The normalized spacial score (nSPS) is 23.7. The molecule has 1 aromatic carbocycles. The van der Waals surface area contributed by atoms with Crippen molar-refractivity contribution in [3.05, 3.63) is 29.8 Å². The summed E-state index contributed by atoms with van der Waals surface area (Å²) in [4.78, 5) is 0. The van der Waals surface area contributed by atoms with Crippen molar-refractivity contribution < 1.29 is 4.74 Å². The van der Waals surface area contributed by atoms with Crippen LogP contribution >= 0.6 is 0 Å². The van der Waals surface area contributed by atoms with E-state index >= 15 is 0 Å². The Kier molecular flexibility index (Phi) is 4.61. The topological polar surface area (TPSA) is 47.3 Å². The van der Waals surface area contributed by atoms with Crippen molar-refractivity contribution in [3.63, 3.8) is 0 Å². The molecular formula is C15H24N2O. The Morgan fingerprint density at radius 1 is 1.39 bits per heavy atom. The molecule has 1 aliphatic carbocycles. The van der Waals surface area contributed by atoms with Gasteiger partial charge in [-0.15, -0.1) is 0 Å². The summed E-state index contributed by atoms with van der Waals surface area (Å²) in [5.74, 6) is 2.66. The lowest BCUT2D eigenvalue weighted by Gasteiger charge is -2.17. The zero-order valence-corrected chi connectivity index (χ0v) is 11.4. The van der Waals surface area contributed by atoms with Crippen LogP contribution in [-0.2, 0) is 0 Å². The summed E-state index contributed by atoms with van der Waals surface area (Å²) in [5.41, 5.74) is 7.09. The molecular weight excluding hydrogens is 224 g/mol. The highest BCUT2D eigenvalue weighted by molar-refractivity contribution is 5.29. The van der Waals surface area contributed by atoms with E-state index < -0.39 is 0 Å². The second-order valence-electron chi connectivity index (χ2n) is 5.17. The highest BCUT2D eigenvalue weighted by Crippen LogP contribution is 2.37. The average molecular weight is 248 g/mol. The van der Waals surface area contributed by atoms with Crippen molar-refractivity contribution in [1.29, 1.82) is 0 Å². The molecule has 3 unspecified atom stereocenters. The van der Waals surface area contributed by atoms with Crippen LogP contribution < -0.4 is 15.8 Å². The minimum atomic E-state index is 0.258. The molecule has 2 rings (SSSR count). The Balaban J connectivity index is 1.89. The lowest BCUT2D eigenvalue weighted by atomic mass is 10.1. The van der Waals surface area contributed by atoms with Crippen molar-refractivity contribution >= 4 is 0 Å². The van der Waals surface area contributed by atoms with E-state index in [0.717, 1.165) is 24.1 Å². The SMILES string of the molecule is CCOc1ccc(C(CN)NCC2CC2C)cc1. The van der Waals surface area contributed by atoms with E-state index in [1.165, 1.54) is 12.0 Å². The first-order chi connectivity index (χ1) is 8.74. The molecule has 0 bridgehead atoms. The van der Waals surface area contributed by atoms with Gasteiger partial charge in [-0.2, -0.15) is 0 Å². The van der Waals surface area contributed by atoms with Crippen molar-refractivity contribution in [1.82, 2.24) is 5.32 Å². The van der Waals surface area contributed by atoms with Crippen molar-refractivity contribution in [2.45, 2.75) is 26.3 Å². The minimum Gasteiger partial charge on any atom is -0.494 e. The molecule has 1 aliphatic rings. The highest BCUT2D eigenvalue weighted by atomic mass is 16.5. The molecule has 1 saturated carbocycles. The number of rotatable bonds is 7. The number of hydrogen-bond donors (Lipinski definition) is 2. The Hall–Kier alpha value is -1.06. The van der Waals surface area contributed by atoms with Crippen LogP contribution in [0, 0.1) is 11.8 Å². The predicted molar refractivity (Wildman–Crippen MR) is 74.7 cm³/mol. The van der Waals surface area contributed by atoms with Gasteiger partial charge < -0.3 is 15.8 Å². The van der Waals surface area contributed by atoms with Crippen LogP contribution in [-0.4, -0.2) is 19.7 Å². The fraction of sp³-hybridized carbons (Fsp3) is 0.600. The smallest absolute Gasteiger partial charge is 0.119 e. The molecule has 0 spiro atoms. The summed E-state index contributed by atoms with van der Waals surface area (Å²) in [7, 11) is 0. The van der Waals surface area contributed by atoms with E-state index in [-0.39, 0.29) is 6.04 Å². The molecule has 100 valence electrons. The largest absolute Gasteiger partial charge is 0.494 e. The van der Waals surface area contributed by atoms with Gasteiger partial charge in [0.1, 0.15) is 5.75 Å². The molecule has 3 N–H and O–H groups in total. The number of benzene rings is 1. The maximum absolute atomic E-state index is 5.85. The third kappa shape index (κ3) is 3.47. The highest BCUT2D eigenvalue weighted by Gasteiger charge is 2.32. The molecule has 3 nitrogen and oxygen atoms in total. The predicted octanol–water partition coefficient (Wildman–Crippen LogP) is 2.33. The Morgan fingerprint density at radius 3 is 2.56 bits per heavy atom. The summed E-state index contributed by atoms with van der Waals surface area (Å²) in [6.07, 6.45) is 1.35. The zero-order chi connectivity index (χ0) is 13.0. The van der Waals surface area contributed by atoms with Crippen LogP contribution in [0.25, 0.3) is 0 Å². The van der Waals surface area contributed by atoms with E-state index in [9.17, 15) is 0 Å². The summed E-state index contributed by atoms with van der Waals surface area (Å²) < 4.78 is 5.44. The van der Waals surface area contributed by atoms with Gasteiger partial charge >= 0.3 is 0 Å². The van der Waals surface area contributed by atoms with Gasteiger partial charge in [0.05, 0.1) is 6.61 Å². The molecule has 3 heteroatoms. The fourth-order valence-electron chi connectivity index (χ4n) is 2.28. The summed E-state index contributed by atoms with van der Waals surface area (Å²) in [6.45, 7) is 6.72. The van der Waals surface area contributed by atoms with Gasteiger partial charge in [-0.05, 0) is 49.4 Å². The van der Waals surface area contributed by atoms with Gasteiger partial charge in [-0.25, -0.2) is 0 Å². The van der Waals surface area contributed by atoms with Gasteiger partial charge in [0.2, 0.25) is 0 Å². The summed E-state index contributed by atoms with van der Waals surface area (Å²) in [6, 6.07) is 8.50. The van der Waals surface area contributed by atoms with Crippen LogP contribution in [0.15, 0.2) is 24.3 Å². The minimum absolute atomic E-state index is 0.258. The van der Waals surface area contributed by atoms with E-state index in [1.807, 2.05) is 19.1 Å². The lowest BCUT2D eigenvalue weighted by Crippen LogP contribution is -2.30. The summed E-state index contributed by atoms with van der Waals surface area (Å²) >= 11 is 0. The second-order valence-corrected chi connectivity index (χ2v) is 5.17.